The van der Waals surface area contributed by atoms with Gasteiger partial charge in [-0.15, -0.1) is 0 Å². The molecule has 0 saturated carbocycles. The van der Waals surface area contributed by atoms with Crippen molar-refractivity contribution in [3.8, 4) is 0 Å². The van der Waals surface area contributed by atoms with Crippen LogP contribution in [0.1, 0.15) is 19.6 Å². The SMILES string of the molecule is C=C1COC2CC1(C(C)OP(=O)(O)OP(=O)(O)OP(=O)(O)O)OC2n1cnc2c(=O)[nH]c(N)nc21. The van der Waals surface area contributed by atoms with E-state index in [2.05, 4.69) is 30.2 Å². The summed E-state index contributed by atoms with van der Waals surface area (Å²) in [6, 6.07) is 0. The lowest BCUT2D eigenvalue weighted by molar-refractivity contribution is -0.103. The van der Waals surface area contributed by atoms with Crippen molar-refractivity contribution in [1.82, 2.24) is 19.5 Å². The topological polar surface area (TPSA) is 268 Å². The van der Waals surface area contributed by atoms with Gasteiger partial charge in [0.1, 0.15) is 11.7 Å². The Morgan fingerprint density at radius 2 is 1.97 bits per heavy atom. The van der Waals surface area contributed by atoms with Gasteiger partial charge < -0.3 is 34.8 Å². The summed E-state index contributed by atoms with van der Waals surface area (Å²) in [5.74, 6) is -0.175. The Bertz CT molecular complexity index is 1390. The lowest BCUT2D eigenvalue weighted by atomic mass is 9.84. The first-order valence-corrected chi connectivity index (χ1v) is 14.1. The summed E-state index contributed by atoms with van der Waals surface area (Å²) in [5, 5.41) is 0. The van der Waals surface area contributed by atoms with Gasteiger partial charge in [0.2, 0.25) is 5.95 Å². The molecule has 2 bridgehead atoms. The van der Waals surface area contributed by atoms with E-state index in [0.29, 0.717) is 0 Å². The molecule has 194 valence electrons. The Balaban J connectivity index is 1.61. The first kappa shape index (κ1) is 26.3. The number of anilines is 1. The first-order chi connectivity index (χ1) is 16.0. The van der Waals surface area contributed by atoms with Crippen molar-refractivity contribution >= 4 is 40.6 Å². The molecule has 0 amide bonds. The number of nitrogens with one attached hydrogen (secondary N) is 1. The molecular formula is C14H20N5O13P3. The Kier molecular flexibility index (Phi) is 6.50. The number of phosphoric acid groups is 3. The van der Waals surface area contributed by atoms with E-state index in [1.807, 2.05) is 0 Å². The highest BCUT2D eigenvalue weighted by atomic mass is 31.3. The molecule has 0 spiro atoms. The maximum atomic E-state index is 12.4. The van der Waals surface area contributed by atoms with E-state index < -0.39 is 53.1 Å². The van der Waals surface area contributed by atoms with E-state index >= 15 is 0 Å². The average Bonchev–Trinajstić information content (AvgIpc) is 3.21. The van der Waals surface area contributed by atoms with Crippen LogP contribution in [0.5, 0.6) is 0 Å². The molecule has 4 rings (SSSR count). The van der Waals surface area contributed by atoms with Crippen LogP contribution in [0.15, 0.2) is 23.3 Å². The molecule has 21 heteroatoms. The van der Waals surface area contributed by atoms with Crippen LogP contribution in [0.25, 0.3) is 11.2 Å². The number of H-pyrrole nitrogens is 1. The largest absolute Gasteiger partial charge is 0.490 e. The second-order valence-electron chi connectivity index (χ2n) is 7.67. The quantitative estimate of drug-likeness (QED) is 0.184. The normalized spacial score (nSPS) is 29.1. The molecule has 7 N–H and O–H groups in total. The monoisotopic (exact) mass is 559 g/mol. The number of nitrogens with two attached hydrogens (primary N) is 1. The summed E-state index contributed by atoms with van der Waals surface area (Å²) >= 11 is 0. The van der Waals surface area contributed by atoms with Gasteiger partial charge in [0, 0.05) is 6.42 Å². The molecule has 4 heterocycles. The van der Waals surface area contributed by atoms with Gasteiger partial charge in [-0.3, -0.25) is 18.9 Å². The number of phosphoric ester groups is 1. The van der Waals surface area contributed by atoms with Crippen molar-refractivity contribution < 1.29 is 55.9 Å². The number of rotatable bonds is 8. The number of nitrogen functional groups attached to an aromatic ring is 1. The van der Waals surface area contributed by atoms with Crippen molar-refractivity contribution in [1.29, 1.82) is 0 Å². The van der Waals surface area contributed by atoms with Crippen molar-refractivity contribution in [2.24, 2.45) is 0 Å². The Labute approximate surface area is 195 Å². The van der Waals surface area contributed by atoms with Gasteiger partial charge in [-0.2, -0.15) is 13.6 Å². The van der Waals surface area contributed by atoms with Crippen LogP contribution in [0.4, 0.5) is 5.95 Å². The van der Waals surface area contributed by atoms with E-state index in [0.717, 1.165) is 0 Å². The lowest BCUT2D eigenvalue weighted by Gasteiger charge is -2.38. The first-order valence-electron chi connectivity index (χ1n) is 9.54. The zero-order valence-corrected chi connectivity index (χ0v) is 20.3. The van der Waals surface area contributed by atoms with Gasteiger partial charge in [-0.1, -0.05) is 6.58 Å². The Morgan fingerprint density at radius 1 is 1.29 bits per heavy atom. The predicted octanol–water partition coefficient (Wildman–Crippen LogP) is 0.0463. The molecule has 0 aromatic carbocycles. The van der Waals surface area contributed by atoms with Crippen molar-refractivity contribution in [2.45, 2.75) is 37.4 Å². The molecular weight excluding hydrogens is 539 g/mol. The fourth-order valence-corrected chi connectivity index (χ4v) is 7.17. The lowest BCUT2D eigenvalue weighted by Crippen LogP contribution is -2.46. The van der Waals surface area contributed by atoms with Gasteiger partial charge in [-0.05, 0) is 12.5 Å². The maximum Gasteiger partial charge on any atom is 0.490 e. The van der Waals surface area contributed by atoms with Crippen LogP contribution in [0, 0.1) is 0 Å². The third kappa shape index (κ3) is 5.20. The predicted molar refractivity (Wildman–Crippen MR) is 113 cm³/mol. The standard InChI is InChI=1S/C14H20N5O13P3/c1-6-4-28-8-3-14(6,7(2)30-34(24,25)32-35(26,27)31-33(21,22)23)29-12(8)19-5-16-9-10(19)17-13(15)18-11(9)20/h5,7-8,12H,1,3-4H2,2H3,(H,24,25)(H,26,27)(H2,21,22,23)(H3,15,17,18,20). The van der Waals surface area contributed by atoms with E-state index in [1.54, 1.807) is 0 Å². The minimum Gasteiger partial charge on any atom is -0.369 e. The highest BCUT2D eigenvalue weighted by Crippen LogP contribution is 2.67. The molecule has 2 saturated heterocycles. The number of aromatic nitrogens is 4. The summed E-state index contributed by atoms with van der Waals surface area (Å²) in [6.45, 7) is 5.07. The van der Waals surface area contributed by atoms with Crippen LogP contribution < -0.4 is 11.3 Å². The molecule has 2 aromatic heterocycles. The summed E-state index contributed by atoms with van der Waals surface area (Å²) in [4.78, 5) is 59.2. The van der Waals surface area contributed by atoms with Crippen LogP contribution >= 0.6 is 23.5 Å². The van der Waals surface area contributed by atoms with Gasteiger partial charge in [0.05, 0.1) is 19.0 Å². The van der Waals surface area contributed by atoms with E-state index in [-0.39, 0.29) is 35.7 Å². The number of aromatic amines is 1. The average molecular weight is 559 g/mol. The fourth-order valence-electron chi connectivity index (χ4n) is 3.94. The van der Waals surface area contributed by atoms with Crippen molar-refractivity contribution in [2.75, 3.05) is 12.3 Å². The van der Waals surface area contributed by atoms with E-state index in [9.17, 15) is 28.3 Å². The summed E-state index contributed by atoms with van der Waals surface area (Å²) in [7, 11) is -16.7. The third-order valence-electron chi connectivity index (χ3n) is 5.31. The second kappa shape index (κ2) is 8.66. The second-order valence-corrected chi connectivity index (χ2v) is 12.0. The van der Waals surface area contributed by atoms with Gasteiger partial charge >= 0.3 is 23.5 Å². The highest BCUT2D eigenvalue weighted by molar-refractivity contribution is 7.66. The Morgan fingerprint density at radius 3 is 2.63 bits per heavy atom. The number of hydrogen-bond acceptors (Lipinski definition) is 12. The van der Waals surface area contributed by atoms with E-state index in [1.165, 1.54) is 17.8 Å². The van der Waals surface area contributed by atoms with Crippen LogP contribution in [-0.2, 0) is 36.3 Å². The minimum atomic E-state index is -5.71. The zero-order chi connectivity index (χ0) is 26.0. The number of ether oxygens (including phenoxy) is 2. The third-order valence-corrected chi connectivity index (χ3v) is 9.22. The maximum absolute atomic E-state index is 12.4. The van der Waals surface area contributed by atoms with Crippen LogP contribution in [0.3, 0.4) is 0 Å². The van der Waals surface area contributed by atoms with E-state index in [4.69, 9.17) is 29.5 Å². The Hall–Kier alpha value is -1.78. The minimum absolute atomic E-state index is 0.0196. The fraction of sp³-hybridized carbons (Fsp3) is 0.500. The molecule has 6 atom stereocenters. The summed E-state index contributed by atoms with van der Waals surface area (Å²) in [5.41, 5.74) is 3.86. The molecule has 35 heavy (non-hydrogen) atoms. The molecule has 2 fully saturated rings. The van der Waals surface area contributed by atoms with Gasteiger partial charge in [0.25, 0.3) is 5.56 Å². The van der Waals surface area contributed by atoms with Crippen LogP contribution in [0.2, 0.25) is 0 Å². The highest BCUT2D eigenvalue weighted by Gasteiger charge is 2.58. The number of nitrogens with zero attached hydrogens (tertiary/aromatic N) is 3. The number of fused-ring (bicyclic) bond motifs is 3. The van der Waals surface area contributed by atoms with Crippen LogP contribution in [-0.4, -0.2) is 63.5 Å². The van der Waals surface area contributed by atoms with Crippen molar-refractivity contribution in [3.63, 3.8) is 0 Å². The number of hydrogen-bond donors (Lipinski definition) is 6. The number of imidazole rings is 1. The van der Waals surface area contributed by atoms with Gasteiger partial charge in [0.15, 0.2) is 17.4 Å². The molecule has 2 aromatic rings. The molecule has 0 radical (unpaired) electrons. The summed E-state index contributed by atoms with van der Waals surface area (Å²) < 4.78 is 60.6. The molecule has 0 aliphatic carbocycles. The van der Waals surface area contributed by atoms with Gasteiger partial charge in [-0.25, -0.2) is 18.7 Å². The molecule has 18 nitrogen and oxygen atoms in total. The molecule has 2 aliphatic rings. The van der Waals surface area contributed by atoms with Crippen molar-refractivity contribution in [3.05, 3.63) is 28.8 Å². The molecule has 2 aliphatic heterocycles. The summed E-state index contributed by atoms with van der Waals surface area (Å²) in [6.07, 6.45) is -1.77. The smallest absolute Gasteiger partial charge is 0.369 e. The molecule has 6 unspecified atom stereocenters. The zero-order valence-electron chi connectivity index (χ0n) is 17.7.